The van der Waals surface area contributed by atoms with Crippen molar-refractivity contribution in [1.29, 1.82) is 0 Å². The molecule has 0 spiro atoms. The Kier molecular flexibility index (Phi) is 3.61. The van der Waals surface area contributed by atoms with Gasteiger partial charge >= 0.3 is 0 Å². The Balaban J connectivity index is 1.70. The molecule has 1 aliphatic heterocycles. The molecule has 0 radical (unpaired) electrons. The molecule has 4 rings (SSSR count). The van der Waals surface area contributed by atoms with Gasteiger partial charge in [-0.25, -0.2) is 4.98 Å². The first-order valence-electron chi connectivity index (χ1n) is 8.10. The van der Waals surface area contributed by atoms with Crippen LogP contribution in [-0.4, -0.2) is 9.97 Å². The van der Waals surface area contributed by atoms with E-state index in [-0.39, 0.29) is 11.9 Å². The van der Waals surface area contributed by atoms with Crippen molar-refractivity contribution in [1.82, 2.24) is 9.97 Å². The van der Waals surface area contributed by atoms with Gasteiger partial charge in [0, 0.05) is 29.8 Å². The number of nitrogen functional groups attached to an aromatic ring is 2. The smallest absolute Gasteiger partial charge is 0.221 e. The van der Waals surface area contributed by atoms with E-state index < -0.39 is 0 Å². The highest BCUT2D eigenvalue weighted by atomic mass is 15.0. The highest BCUT2D eigenvalue weighted by Crippen LogP contribution is 2.32. The average Bonchev–Trinajstić information content (AvgIpc) is 2.77. The number of nitrogens with two attached hydrogens (primary N) is 2. The van der Waals surface area contributed by atoms with Crippen LogP contribution in [0.5, 0.6) is 0 Å². The summed E-state index contributed by atoms with van der Waals surface area (Å²) in [6.45, 7) is 0. The van der Waals surface area contributed by atoms with Gasteiger partial charge in [0.1, 0.15) is 5.82 Å². The van der Waals surface area contributed by atoms with Crippen molar-refractivity contribution in [2.45, 2.75) is 19.3 Å². The van der Waals surface area contributed by atoms with Gasteiger partial charge in [0.2, 0.25) is 5.95 Å². The molecule has 0 saturated heterocycles. The van der Waals surface area contributed by atoms with Gasteiger partial charge in [0.25, 0.3) is 0 Å². The van der Waals surface area contributed by atoms with Gasteiger partial charge in [-0.05, 0) is 29.7 Å². The van der Waals surface area contributed by atoms with Crippen LogP contribution in [0.2, 0.25) is 0 Å². The lowest BCUT2D eigenvalue weighted by atomic mass is 9.85. The summed E-state index contributed by atoms with van der Waals surface area (Å²) >= 11 is 0. The number of anilines is 2. The van der Waals surface area contributed by atoms with Crippen molar-refractivity contribution in [3.63, 3.8) is 0 Å². The third-order valence-corrected chi connectivity index (χ3v) is 4.59. The second-order valence-corrected chi connectivity index (χ2v) is 6.13. The van der Waals surface area contributed by atoms with Crippen molar-refractivity contribution >= 4 is 17.8 Å². The SMILES string of the molecule is Nc1ncc(CC2C=CCC3=C2CC=c2ccccc2=N3)c(N)n1. The molecule has 24 heavy (non-hydrogen) atoms. The zero-order chi connectivity index (χ0) is 16.5. The molecule has 1 atom stereocenters. The van der Waals surface area contributed by atoms with Crippen molar-refractivity contribution < 1.29 is 0 Å². The summed E-state index contributed by atoms with van der Waals surface area (Å²) in [7, 11) is 0. The first-order chi connectivity index (χ1) is 11.7. The predicted octanol–water partition coefficient (Wildman–Crippen LogP) is 1.52. The van der Waals surface area contributed by atoms with Crippen LogP contribution in [0.1, 0.15) is 18.4 Å². The van der Waals surface area contributed by atoms with E-state index in [1.165, 1.54) is 16.5 Å². The van der Waals surface area contributed by atoms with E-state index in [2.05, 4.69) is 46.4 Å². The van der Waals surface area contributed by atoms with Crippen molar-refractivity contribution in [2.75, 3.05) is 11.5 Å². The Bertz CT molecular complexity index is 971. The molecule has 0 amide bonds. The van der Waals surface area contributed by atoms with Crippen molar-refractivity contribution in [2.24, 2.45) is 10.9 Å². The quantitative estimate of drug-likeness (QED) is 0.822. The fourth-order valence-electron chi connectivity index (χ4n) is 3.34. The molecule has 5 heteroatoms. The first kappa shape index (κ1) is 14.6. The normalized spacial score (nSPS) is 18.9. The molecule has 4 N–H and O–H groups in total. The van der Waals surface area contributed by atoms with Gasteiger partial charge in [-0.2, -0.15) is 4.98 Å². The Morgan fingerprint density at radius 1 is 1.12 bits per heavy atom. The predicted molar refractivity (Wildman–Crippen MR) is 95.1 cm³/mol. The highest BCUT2D eigenvalue weighted by Gasteiger charge is 2.21. The first-order valence-corrected chi connectivity index (χ1v) is 8.10. The zero-order valence-corrected chi connectivity index (χ0v) is 13.3. The largest absolute Gasteiger partial charge is 0.383 e. The topological polar surface area (TPSA) is 90.2 Å². The number of para-hydroxylation sites is 1. The number of nitrogens with zero attached hydrogens (tertiary/aromatic N) is 3. The van der Waals surface area contributed by atoms with Crippen molar-refractivity contribution in [3.05, 3.63) is 70.0 Å². The number of fused-ring (bicyclic) bond motifs is 1. The Hall–Kier alpha value is -2.95. The monoisotopic (exact) mass is 317 g/mol. The number of allylic oxidation sites excluding steroid dienone is 3. The molecule has 2 aliphatic rings. The van der Waals surface area contributed by atoms with Crippen LogP contribution < -0.4 is 22.0 Å². The summed E-state index contributed by atoms with van der Waals surface area (Å²) in [6.07, 6.45) is 11.0. The van der Waals surface area contributed by atoms with Gasteiger partial charge in [-0.15, -0.1) is 0 Å². The van der Waals surface area contributed by atoms with Gasteiger partial charge in [0.15, 0.2) is 0 Å². The molecule has 0 fully saturated rings. The van der Waals surface area contributed by atoms with Crippen LogP contribution >= 0.6 is 0 Å². The molecular weight excluding hydrogens is 298 g/mol. The van der Waals surface area contributed by atoms with Crippen LogP contribution in [0.4, 0.5) is 11.8 Å². The van der Waals surface area contributed by atoms with Crippen LogP contribution in [0.25, 0.3) is 6.08 Å². The van der Waals surface area contributed by atoms with E-state index >= 15 is 0 Å². The Labute approximate surface area is 140 Å². The third-order valence-electron chi connectivity index (χ3n) is 4.59. The molecule has 2 aromatic rings. The minimum atomic E-state index is 0.212. The van der Waals surface area contributed by atoms with Crippen LogP contribution in [0.15, 0.2) is 58.9 Å². The maximum atomic E-state index is 6.00. The van der Waals surface area contributed by atoms with E-state index in [1.807, 2.05) is 6.07 Å². The molecule has 1 aliphatic carbocycles. The van der Waals surface area contributed by atoms with E-state index in [9.17, 15) is 0 Å². The molecule has 5 nitrogen and oxygen atoms in total. The van der Waals surface area contributed by atoms with Gasteiger partial charge in [-0.3, -0.25) is 4.99 Å². The number of rotatable bonds is 2. The number of hydrogen-bond acceptors (Lipinski definition) is 5. The maximum Gasteiger partial charge on any atom is 0.221 e. The fraction of sp³-hybridized carbons (Fsp3) is 0.211. The Morgan fingerprint density at radius 3 is 2.88 bits per heavy atom. The van der Waals surface area contributed by atoms with E-state index in [4.69, 9.17) is 16.5 Å². The summed E-state index contributed by atoms with van der Waals surface area (Å²) in [5.41, 5.74) is 15.0. The van der Waals surface area contributed by atoms with Crippen LogP contribution in [0, 0.1) is 5.92 Å². The summed E-state index contributed by atoms with van der Waals surface area (Å²) in [4.78, 5) is 13.0. The molecule has 120 valence electrons. The summed E-state index contributed by atoms with van der Waals surface area (Å²) in [5.74, 6) is 0.933. The van der Waals surface area contributed by atoms with Crippen molar-refractivity contribution in [3.8, 4) is 0 Å². The molecule has 0 bridgehead atoms. The molecule has 2 heterocycles. The Morgan fingerprint density at radius 2 is 2.00 bits per heavy atom. The molecule has 1 aromatic carbocycles. The molecule has 1 aromatic heterocycles. The summed E-state index contributed by atoms with van der Waals surface area (Å²) in [6, 6.07) is 8.27. The highest BCUT2D eigenvalue weighted by molar-refractivity contribution is 5.45. The number of benzene rings is 1. The van der Waals surface area contributed by atoms with Gasteiger partial charge in [0.05, 0.1) is 5.36 Å². The molecular formula is C19H19N5. The third kappa shape index (κ3) is 2.69. The standard InChI is InChI=1S/C19H19N5/c20-18-14(11-22-19(21)24-18)10-13-5-3-7-17-15(13)9-8-12-4-1-2-6-16(12)23-17/h1-6,8,11,13H,7,9-10H2,(H4,20,21,22,24). The summed E-state index contributed by atoms with van der Waals surface area (Å²) in [5, 5.41) is 2.24. The molecule has 1 unspecified atom stereocenters. The number of aromatic nitrogens is 2. The molecule has 0 saturated carbocycles. The minimum absolute atomic E-state index is 0.212. The zero-order valence-electron chi connectivity index (χ0n) is 13.3. The van der Waals surface area contributed by atoms with E-state index in [0.29, 0.717) is 5.82 Å². The van der Waals surface area contributed by atoms with Gasteiger partial charge in [-0.1, -0.05) is 36.4 Å². The van der Waals surface area contributed by atoms with E-state index in [0.717, 1.165) is 30.2 Å². The fourth-order valence-corrected chi connectivity index (χ4v) is 3.34. The lowest BCUT2D eigenvalue weighted by molar-refractivity contribution is 0.702. The second-order valence-electron chi connectivity index (χ2n) is 6.13. The van der Waals surface area contributed by atoms with Gasteiger partial charge < -0.3 is 11.5 Å². The lowest BCUT2D eigenvalue weighted by Gasteiger charge is -2.22. The maximum absolute atomic E-state index is 6.00. The second kappa shape index (κ2) is 5.92. The average molecular weight is 317 g/mol. The lowest BCUT2D eigenvalue weighted by Crippen LogP contribution is -2.23. The number of hydrogen-bond donors (Lipinski definition) is 2. The summed E-state index contributed by atoms with van der Waals surface area (Å²) < 4.78 is 0. The van der Waals surface area contributed by atoms with Crippen LogP contribution in [-0.2, 0) is 6.42 Å². The van der Waals surface area contributed by atoms with E-state index in [1.54, 1.807) is 6.20 Å². The minimum Gasteiger partial charge on any atom is -0.383 e. The van der Waals surface area contributed by atoms with Crippen LogP contribution in [0.3, 0.4) is 0 Å².